The Bertz CT molecular complexity index is 198. The zero-order chi connectivity index (χ0) is 11.7. The second kappa shape index (κ2) is 7.55. The van der Waals surface area contributed by atoms with Gasteiger partial charge in [-0.25, -0.2) is 0 Å². The average molecular weight is 223 g/mol. The van der Waals surface area contributed by atoms with Crippen molar-refractivity contribution in [3.8, 4) is 12.3 Å². The molecule has 0 rings (SSSR count). The number of hydrogen-bond acceptors (Lipinski definition) is 2. The van der Waals surface area contributed by atoms with E-state index in [0.29, 0.717) is 13.0 Å². The standard InChI is InChI=1S/C10H16F3NO/c1-3-9(4-2)14-6-5-7-15-8-10(11,12)13/h1,9,14H,4-8H2,2H3. The zero-order valence-corrected chi connectivity index (χ0v) is 8.73. The van der Waals surface area contributed by atoms with Crippen molar-refractivity contribution in [1.29, 1.82) is 0 Å². The summed E-state index contributed by atoms with van der Waals surface area (Å²) in [4.78, 5) is 0. The lowest BCUT2D eigenvalue weighted by Crippen LogP contribution is -2.28. The summed E-state index contributed by atoms with van der Waals surface area (Å²) in [7, 11) is 0. The smallest absolute Gasteiger partial charge is 0.372 e. The minimum atomic E-state index is -4.24. The molecule has 1 unspecified atom stereocenters. The molecule has 0 saturated carbocycles. The molecule has 5 heteroatoms. The molecule has 0 bridgehead atoms. The summed E-state index contributed by atoms with van der Waals surface area (Å²) in [5.41, 5.74) is 0. The molecule has 0 saturated heterocycles. The van der Waals surface area contributed by atoms with Crippen LogP contribution in [0.1, 0.15) is 19.8 Å². The molecule has 1 atom stereocenters. The molecule has 2 nitrogen and oxygen atoms in total. The molecule has 0 radical (unpaired) electrons. The van der Waals surface area contributed by atoms with Gasteiger partial charge in [0.25, 0.3) is 0 Å². The molecule has 0 aliphatic carbocycles. The molecule has 0 fully saturated rings. The van der Waals surface area contributed by atoms with Crippen LogP contribution in [0.5, 0.6) is 0 Å². The number of rotatable bonds is 7. The molecule has 88 valence electrons. The fraction of sp³-hybridized carbons (Fsp3) is 0.800. The molecule has 0 spiro atoms. The largest absolute Gasteiger partial charge is 0.411 e. The van der Waals surface area contributed by atoms with Crippen LogP contribution in [0.3, 0.4) is 0 Å². The van der Waals surface area contributed by atoms with Gasteiger partial charge < -0.3 is 10.1 Å². The quantitative estimate of drug-likeness (QED) is 0.526. The van der Waals surface area contributed by atoms with E-state index in [1.54, 1.807) is 0 Å². The van der Waals surface area contributed by atoms with Gasteiger partial charge in [-0.1, -0.05) is 12.8 Å². The van der Waals surface area contributed by atoms with E-state index in [2.05, 4.69) is 16.0 Å². The van der Waals surface area contributed by atoms with Crippen molar-refractivity contribution in [2.45, 2.75) is 32.0 Å². The zero-order valence-electron chi connectivity index (χ0n) is 8.73. The molecule has 0 amide bonds. The summed E-state index contributed by atoms with van der Waals surface area (Å²) < 4.78 is 39.3. The maximum Gasteiger partial charge on any atom is 0.411 e. The lowest BCUT2D eigenvalue weighted by Gasteiger charge is -2.11. The third-order valence-electron chi connectivity index (χ3n) is 1.73. The van der Waals surface area contributed by atoms with Crippen LogP contribution in [-0.2, 0) is 4.74 Å². The van der Waals surface area contributed by atoms with Gasteiger partial charge in [-0.3, -0.25) is 0 Å². The number of alkyl halides is 3. The van der Waals surface area contributed by atoms with Gasteiger partial charge in [-0.15, -0.1) is 6.42 Å². The molecule has 1 N–H and O–H groups in total. The van der Waals surface area contributed by atoms with E-state index in [9.17, 15) is 13.2 Å². The highest BCUT2D eigenvalue weighted by atomic mass is 19.4. The van der Waals surface area contributed by atoms with Crippen LogP contribution in [0.2, 0.25) is 0 Å². The summed E-state index contributed by atoms with van der Waals surface area (Å²) in [6, 6.07) is -0.00684. The predicted molar refractivity (Wildman–Crippen MR) is 52.4 cm³/mol. The van der Waals surface area contributed by atoms with Crippen molar-refractivity contribution in [2.24, 2.45) is 0 Å². The second-order valence-corrected chi connectivity index (χ2v) is 3.10. The summed E-state index contributed by atoms with van der Waals surface area (Å²) in [5.74, 6) is 2.53. The number of hydrogen-bond donors (Lipinski definition) is 1. The van der Waals surface area contributed by atoms with Crippen LogP contribution in [-0.4, -0.2) is 32.0 Å². The van der Waals surface area contributed by atoms with E-state index in [1.807, 2.05) is 6.92 Å². The van der Waals surface area contributed by atoms with Crippen molar-refractivity contribution in [2.75, 3.05) is 19.8 Å². The second-order valence-electron chi connectivity index (χ2n) is 3.10. The Kier molecular flexibility index (Phi) is 7.18. The topological polar surface area (TPSA) is 21.3 Å². The highest BCUT2D eigenvalue weighted by Gasteiger charge is 2.27. The van der Waals surface area contributed by atoms with Crippen LogP contribution >= 0.6 is 0 Å². The van der Waals surface area contributed by atoms with Gasteiger partial charge >= 0.3 is 6.18 Å². The van der Waals surface area contributed by atoms with E-state index in [4.69, 9.17) is 6.42 Å². The first-order valence-corrected chi connectivity index (χ1v) is 4.83. The molecule has 0 aliphatic heterocycles. The predicted octanol–water partition coefficient (Wildman–Crippen LogP) is 1.96. The molecule has 0 heterocycles. The van der Waals surface area contributed by atoms with E-state index in [-0.39, 0.29) is 12.6 Å². The lowest BCUT2D eigenvalue weighted by molar-refractivity contribution is -0.173. The summed E-state index contributed by atoms with van der Waals surface area (Å²) in [6.45, 7) is 1.42. The molecule has 0 aromatic carbocycles. The summed E-state index contributed by atoms with van der Waals surface area (Å²) >= 11 is 0. The van der Waals surface area contributed by atoms with E-state index >= 15 is 0 Å². The van der Waals surface area contributed by atoms with Gasteiger partial charge in [0.05, 0.1) is 6.04 Å². The number of halogens is 3. The maximum atomic E-state index is 11.6. The van der Waals surface area contributed by atoms with Gasteiger partial charge in [0.1, 0.15) is 6.61 Å². The van der Waals surface area contributed by atoms with Crippen molar-refractivity contribution >= 4 is 0 Å². The van der Waals surface area contributed by atoms with Crippen molar-refractivity contribution in [1.82, 2.24) is 5.32 Å². The fourth-order valence-corrected chi connectivity index (χ4v) is 0.960. The monoisotopic (exact) mass is 223 g/mol. The number of ether oxygens (including phenoxy) is 1. The Balaban J connectivity index is 3.30. The van der Waals surface area contributed by atoms with Crippen LogP contribution in [0.4, 0.5) is 13.2 Å². The van der Waals surface area contributed by atoms with Crippen LogP contribution < -0.4 is 5.32 Å². The third kappa shape index (κ3) is 9.57. The van der Waals surface area contributed by atoms with Gasteiger partial charge in [-0.2, -0.15) is 13.2 Å². The van der Waals surface area contributed by atoms with E-state index < -0.39 is 12.8 Å². The molecule has 0 aromatic heterocycles. The first kappa shape index (κ1) is 14.3. The van der Waals surface area contributed by atoms with Crippen LogP contribution in [0.15, 0.2) is 0 Å². The van der Waals surface area contributed by atoms with Gasteiger partial charge in [0.2, 0.25) is 0 Å². The first-order chi connectivity index (χ1) is 6.99. The molecular formula is C10H16F3NO. The fourth-order valence-electron chi connectivity index (χ4n) is 0.960. The Morgan fingerprint density at radius 3 is 2.60 bits per heavy atom. The van der Waals surface area contributed by atoms with Crippen LogP contribution in [0, 0.1) is 12.3 Å². The normalized spacial score (nSPS) is 13.5. The molecule has 15 heavy (non-hydrogen) atoms. The van der Waals surface area contributed by atoms with E-state index in [0.717, 1.165) is 6.42 Å². The Hall–Kier alpha value is -0.730. The first-order valence-electron chi connectivity index (χ1n) is 4.83. The van der Waals surface area contributed by atoms with Crippen molar-refractivity contribution < 1.29 is 17.9 Å². The van der Waals surface area contributed by atoms with Crippen molar-refractivity contribution in [3.63, 3.8) is 0 Å². The van der Waals surface area contributed by atoms with Gasteiger partial charge in [0.15, 0.2) is 0 Å². The Morgan fingerprint density at radius 2 is 2.13 bits per heavy atom. The maximum absolute atomic E-state index is 11.6. The highest BCUT2D eigenvalue weighted by molar-refractivity contribution is 4.97. The van der Waals surface area contributed by atoms with Gasteiger partial charge in [-0.05, 0) is 19.4 Å². The van der Waals surface area contributed by atoms with Gasteiger partial charge in [0, 0.05) is 6.61 Å². The SMILES string of the molecule is C#CC(CC)NCCCOCC(F)(F)F. The summed E-state index contributed by atoms with van der Waals surface area (Å²) in [6.07, 6.45) is 2.28. The summed E-state index contributed by atoms with van der Waals surface area (Å²) in [5, 5.41) is 3.02. The Labute approximate surface area is 88.2 Å². The molecular weight excluding hydrogens is 207 g/mol. The Morgan fingerprint density at radius 1 is 1.47 bits per heavy atom. The van der Waals surface area contributed by atoms with Crippen molar-refractivity contribution in [3.05, 3.63) is 0 Å². The van der Waals surface area contributed by atoms with E-state index in [1.165, 1.54) is 0 Å². The highest BCUT2D eigenvalue weighted by Crippen LogP contribution is 2.14. The molecule has 0 aliphatic rings. The third-order valence-corrected chi connectivity index (χ3v) is 1.73. The minimum absolute atomic E-state index is 0.00684. The molecule has 0 aromatic rings. The number of nitrogens with one attached hydrogen (secondary N) is 1. The average Bonchev–Trinajstić information content (AvgIpc) is 2.15. The number of terminal acetylenes is 1. The minimum Gasteiger partial charge on any atom is -0.372 e. The lowest BCUT2D eigenvalue weighted by atomic mass is 10.2. The van der Waals surface area contributed by atoms with Crippen LogP contribution in [0.25, 0.3) is 0 Å².